The van der Waals surface area contributed by atoms with Gasteiger partial charge in [-0.1, -0.05) is 60.1 Å². The highest BCUT2D eigenvalue weighted by atomic mass is 35.5. The Bertz CT molecular complexity index is 1530. The molecule has 7 nitrogen and oxygen atoms in total. The van der Waals surface area contributed by atoms with Crippen molar-refractivity contribution in [2.75, 3.05) is 0 Å². The maximum atomic E-state index is 13.3. The Hall–Kier alpha value is -4.15. The number of carbonyl (C=O) groups is 1. The van der Waals surface area contributed by atoms with Gasteiger partial charge in [0.1, 0.15) is 0 Å². The Balaban J connectivity index is 1.62. The van der Waals surface area contributed by atoms with Crippen molar-refractivity contribution in [1.29, 1.82) is 5.26 Å². The summed E-state index contributed by atoms with van der Waals surface area (Å²) in [7, 11) is 0. The summed E-state index contributed by atoms with van der Waals surface area (Å²) in [4.78, 5) is 38.8. The van der Waals surface area contributed by atoms with Gasteiger partial charge in [-0.15, -0.1) is 0 Å². The van der Waals surface area contributed by atoms with Gasteiger partial charge >= 0.3 is 5.69 Å². The minimum Gasteiger partial charge on any atom is -0.352 e. The highest BCUT2D eigenvalue weighted by Gasteiger charge is 2.15. The molecule has 1 amide bonds. The number of nitrogens with one attached hydrogen (secondary N) is 1. The van der Waals surface area contributed by atoms with E-state index in [0.717, 1.165) is 10.1 Å². The fourth-order valence-electron chi connectivity index (χ4n) is 3.80. The first-order chi connectivity index (χ1) is 16.5. The van der Waals surface area contributed by atoms with Gasteiger partial charge in [0, 0.05) is 24.5 Å². The predicted molar refractivity (Wildman–Crippen MR) is 131 cm³/mol. The number of nitriles is 1. The number of halogens is 1. The molecule has 0 aliphatic heterocycles. The van der Waals surface area contributed by atoms with Gasteiger partial charge in [0.2, 0.25) is 5.91 Å². The molecule has 1 N–H and O–H groups in total. The molecule has 0 unspecified atom stereocenters. The van der Waals surface area contributed by atoms with Crippen molar-refractivity contribution < 1.29 is 4.79 Å². The maximum Gasteiger partial charge on any atom is 0.331 e. The molecule has 0 atom stereocenters. The third-order valence-corrected chi connectivity index (χ3v) is 5.96. The number of fused-ring (bicyclic) bond motifs is 1. The van der Waals surface area contributed by atoms with Crippen molar-refractivity contribution in [2.45, 2.75) is 26.1 Å². The fraction of sp³-hybridized carbons (Fsp3) is 0.154. The number of benzene rings is 3. The second kappa shape index (κ2) is 10.2. The van der Waals surface area contributed by atoms with Crippen LogP contribution >= 0.6 is 11.6 Å². The molecule has 1 aromatic heterocycles. The van der Waals surface area contributed by atoms with Gasteiger partial charge in [0.25, 0.3) is 5.56 Å². The Morgan fingerprint density at radius 2 is 1.59 bits per heavy atom. The van der Waals surface area contributed by atoms with E-state index in [1.165, 1.54) is 4.57 Å². The van der Waals surface area contributed by atoms with Crippen LogP contribution in [-0.2, 0) is 24.4 Å². The van der Waals surface area contributed by atoms with Crippen molar-refractivity contribution in [2.24, 2.45) is 0 Å². The molecule has 1 heterocycles. The average Bonchev–Trinajstić information content (AvgIpc) is 2.86. The first-order valence-electron chi connectivity index (χ1n) is 10.7. The minimum absolute atomic E-state index is 0.0489. The summed E-state index contributed by atoms with van der Waals surface area (Å²) in [6.45, 7) is 0.305. The van der Waals surface area contributed by atoms with Crippen LogP contribution < -0.4 is 16.6 Å². The molecule has 0 fully saturated rings. The van der Waals surface area contributed by atoms with E-state index in [2.05, 4.69) is 11.4 Å². The van der Waals surface area contributed by atoms with Gasteiger partial charge in [0.15, 0.2) is 0 Å². The van der Waals surface area contributed by atoms with Crippen molar-refractivity contribution in [3.63, 3.8) is 0 Å². The lowest BCUT2D eigenvalue weighted by atomic mass is 10.1. The molecular weight excluding hydrogens is 452 g/mol. The maximum absolute atomic E-state index is 13.3. The van der Waals surface area contributed by atoms with Gasteiger partial charge in [-0.3, -0.25) is 18.7 Å². The number of nitrogens with zero attached hydrogens (tertiary/aromatic N) is 3. The second-order valence-corrected chi connectivity index (χ2v) is 8.14. The Morgan fingerprint density at radius 1 is 0.912 bits per heavy atom. The van der Waals surface area contributed by atoms with E-state index in [0.29, 0.717) is 27.1 Å². The number of carbonyl (C=O) groups excluding carboxylic acids is 1. The zero-order valence-electron chi connectivity index (χ0n) is 18.2. The number of hydrogen-bond acceptors (Lipinski definition) is 4. The van der Waals surface area contributed by atoms with Crippen molar-refractivity contribution >= 4 is 28.4 Å². The van der Waals surface area contributed by atoms with Crippen molar-refractivity contribution in [1.82, 2.24) is 14.5 Å². The molecular formula is C26H21ClN4O3. The quantitative estimate of drug-likeness (QED) is 0.445. The zero-order valence-corrected chi connectivity index (χ0v) is 19.0. The molecule has 4 rings (SSSR count). The molecule has 3 aromatic carbocycles. The summed E-state index contributed by atoms with van der Waals surface area (Å²) in [5, 5.41) is 13.1. The van der Waals surface area contributed by atoms with Crippen LogP contribution in [0.2, 0.25) is 5.02 Å². The monoisotopic (exact) mass is 472 g/mol. The Kier molecular flexibility index (Phi) is 6.90. The average molecular weight is 473 g/mol. The minimum atomic E-state index is -0.532. The normalized spacial score (nSPS) is 10.7. The summed E-state index contributed by atoms with van der Waals surface area (Å²) >= 11 is 6.12. The molecule has 0 spiro atoms. The van der Waals surface area contributed by atoms with Crippen LogP contribution in [0.1, 0.15) is 23.1 Å². The standard InChI is InChI=1S/C26H21ClN4O3/c27-22-11-5-3-8-19(22)16-29-24(32)13-14-30-25(33)21-10-4-6-12-23(21)31(26(30)34)17-20-9-2-1-7-18(20)15-28/h1-12H,13-14,16-17H2,(H,29,32). The van der Waals surface area contributed by atoms with E-state index in [9.17, 15) is 19.6 Å². The summed E-state index contributed by atoms with van der Waals surface area (Å²) in [5.74, 6) is -0.305. The topological polar surface area (TPSA) is 96.9 Å². The van der Waals surface area contributed by atoms with Crippen molar-refractivity contribution in [3.8, 4) is 6.07 Å². The first kappa shape index (κ1) is 23.0. The van der Waals surface area contributed by atoms with E-state index in [1.54, 1.807) is 60.7 Å². The van der Waals surface area contributed by atoms with Gasteiger partial charge in [-0.25, -0.2) is 4.79 Å². The SMILES string of the molecule is N#Cc1ccccc1Cn1c(=O)n(CCC(=O)NCc2ccccc2Cl)c(=O)c2ccccc21. The van der Waals surface area contributed by atoms with Crippen molar-refractivity contribution in [3.05, 3.63) is 115 Å². The number of para-hydroxylation sites is 1. The van der Waals surface area contributed by atoms with Crippen LogP contribution in [0.5, 0.6) is 0 Å². The molecule has 8 heteroatoms. The van der Waals surface area contributed by atoms with Gasteiger partial charge in [-0.2, -0.15) is 5.26 Å². The summed E-state index contributed by atoms with van der Waals surface area (Å²) < 4.78 is 2.54. The Morgan fingerprint density at radius 3 is 2.35 bits per heavy atom. The number of rotatable bonds is 7. The molecule has 170 valence electrons. The van der Waals surface area contributed by atoms with E-state index in [4.69, 9.17) is 11.6 Å². The van der Waals surface area contributed by atoms with E-state index < -0.39 is 11.2 Å². The highest BCUT2D eigenvalue weighted by molar-refractivity contribution is 6.31. The van der Waals surface area contributed by atoms with Crippen LogP contribution in [0, 0.1) is 11.3 Å². The van der Waals surface area contributed by atoms with E-state index >= 15 is 0 Å². The summed E-state index contributed by atoms with van der Waals surface area (Å²) in [6, 6.07) is 23.2. The van der Waals surface area contributed by atoms with Crippen LogP contribution in [0.25, 0.3) is 10.9 Å². The predicted octanol–water partition coefficient (Wildman–Crippen LogP) is 3.44. The lowest BCUT2D eigenvalue weighted by Gasteiger charge is -2.15. The lowest BCUT2D eigenvalue weighted by molar-refractivity contribution is -0.121. The molecule has 34 heavy (non-hydrogen) atoms. The van der Waals surface area contributed by atoms with Gasteiger partial charge in [-0.05, 0) is 35.4 Å². The molecule has 0 saturated carbocycles. The van der Waals surface area contributed by atoms with Crippen LogP contribution in [-0.4, -0.2) is 15.0 Å². The van der Waals surface area contributed by atoms with Crippen LogP contribution in [0.15, 0.2) is 82.4 Å². The van der Waals surface area contributed by atoms with Gasteiger partial charge < -0.3 is 5.32 Å². The number of hydrogen-bond donors (Lipinski definition) is 1. The smallest absolute Gasteiger partial charge is 0.331 e. The highest BCUT2D eigenvalue weighted by Crippen LogP contribution is 2.15. The largest absolute Gasteiger partial charge is 0.352 e. The summed E-state index contributed by atoms with van der Waals surface area (Å²) in [5.41, 5.74) is 1.39. The second-order valence-electron chi connectivity index (χ2n) is 7.73. The zero-order chi connectivity index (χ0) is 24.1. The summed E-state index contributed by atoms with van der Waals surface area (Å²) in [6.07, 6.45) is -0.0489. The van der Waals surface area contributed by atoms with E-state index in [1.807, 2.05) is 12.1 Å². The van der Waals surface area contributed by atoms with Crippen LogP contribution in [0.4, 0.5) is 0 Å². The Labute approximate surface area is 200 Å². The van der Waals surface area contributed by atoms with E-state index in [-0.39, 0.29) is 32.0 Å². The molecule has 0 aliphatic carbocycles. The lowest BCUT2D eigenvalue weighted by Crippen LogP contribution is -2.41. The third-order valence-electron chi connectivity index (χ3n) is 5.59. The van der Waals surface area contributed by atoms with Crippen LogP contribution in [0.3, 0.4) is 0 Å². The molecule has 0 saturated heterocycles. The van der Waals surface area contributed by atoms with Gasteiger partial charge in [0.05, 0.1) is 29.1 Å². The molecule has 0 bridgehead atoms. The molecule has 0 radical (unpaired) electrons. The number of aromatic nitrogens is 2. The first-order valence-corrected chi connectivity index (χ1v) is 11.1. The molecule has 4 aromatic rings. The molecule has 0 aliphatic rings. The third kappa shape index (κ3) is 4.77. The fourth-order valence-corrected chi connectivity index (χ4v) is 4.00. The number of amides is 1.